The second-order valence-electron chi connectivity index (χ2n) is 7.53. The van der Waals surface area contributed by atoms with Crippen molar-refractivity contribution >= 4 is 61.3 Å². The Morgan fingerprint density at radius 1 is 1.06 bits per heavy atom. The summed E-state index contributed by atoms with van der Waals surface area (Å²) in [7, 11) is -3.83. The minimum Gasteiger partial charge on any atom is -0.305 e. The summed E-state index contributed by atoms with van der Waals surface area (Å²) in [5.41, 5.74) is 1.79. The normalized spacial score (nSPS) is 11.5. The van der Waals surface area contributed by atoms with E-state index in [1.807, 2.05) is 0 Å². The quantitative estimate of drug-likeness (QED) is 0.247. The molecule has 0 saturated carbocycles. The van der Waals surface area contributed by atoms with Gasteiger partial charge in [-0.2, -0.15) is 16.4 Å². The Bertz CT molecular complexity index is 1650. The second-order valence-corrected chi connectivity index (χ2v) is 10.4. The zero-order valence-electron chi connectivity index (χ0n) is 17.7. The average molecular weight is 527 g/mol. The van der Waals surface area contributed by atoms with Gasteiger partial charge in [-0.25, -0.2) is 12.8 Å². The summed E-state index contributed by atoms with van der Waals surface area (Å²) in [5, 5.41) is 13.6. The van der Waals surface area contributed by atoms with E-state index >= 15 is 4.39 Å². The van der Waals surface area contributed by atoms with Crippen molar-refractivity contribution in [2.75, 3.05) is 10.0 Å². The summed E-state index contributed by atoms with van der Waals surface area (Å²) in [4.78, 5) is 12.4. The van der Waals surface area contributed by atoms with Crippen molar-refractivity contribution in [2.45, 2.75) is 4.90 Å². The third-order valence-electron chi connectivity index (χ3n) is 5.25. The van der Waals surface area contributed by atoms with Gasteiger partial charge in [0, 0.05) is 27.0 Å². The first-order chi connectivity index (χ1) is 16.8. The Morgan fingerprint density at radius 2 is 1.86 bits per heavy atom. The van der Waals surface area contributed by atoms with Gasteiger partial charge >= 0.3 is 0 Å². The number of fused-ring (bicyclic) bond motifs is 1. The molecule has 0 fully saturated rings. The predicted molar refractivity (Wildman–Crippen MR) is 136 cm³/mol. The number of H-pyrrole nitrogens is 1. The molecule has 5 aromatic rings. The van der Waals surface area contributed by atoms with Gasteiger partial charge in [0.1, 0.15) is 5.52 Å². The number of carbonyl (C=O) groups excluding carboxylic acids is 1. The minimum absolute atomic E-state index is 0.0340. The lowest BCUT2D eigenvalue weighted by molar-refractivity contribution is 0.102. The molecule has 35 heavy (non-hydrogen) atoms. The van der Waals surface area contributed by atoms with Gasteiger partial charge in [0.25, 0.3) is 15.9 Å². The topological polar surface area (TPSA) is 104 Å². The number of hydrogen-bond acceptors (Lipinski definition) is 5. The highest BCUT2D eigenvalue weighted by atomic mass is 35.5. The molecule has 176 valence electrons. The van der Waals surface area contributed by atoms with Crippen LogP contribution in [0.3, 0.4) is 0 Å². The van der Waals surface area contributed by atoms with E-state index in [1.54, 1.807) is 65.4 Å². The highest BCUT2D eigenvalue weighted by Gasteiger charge is 2.18. The van der Waals surface area contributed by atoms with Gasteiger partial charge in [-0.1, -0.05) is 35.9 Å². The van der Waals surface area contributed by atoms with Crippen LogP contribution in [0.1, 0.15) is 10.4 Å². The van der Waals surface area contributed by atoms with Crippen molar-refractivity contribution < 1.29 is 17.6 Å². The predicted octanol–water partition coefficient (Wildman–Crippen LogP) is 6.14. The first kappa shape index (κ1) is 23.0. The van der Waals surface area contributed by atoms with Crippen LogP contribution in [0.15, 0.2) is 82.4 Å². The maximum absolute atomic E-state index is 15.3. The summed E-state index contributed by atoms with van der Waals surface area (Å²) in [5.74, 6) is -0.648. The van der Waals surface area contributed by atoms with Crippen LogP contribution in [0.5, 0.6) is 0 Å². The van der Waals surface area contributed by atoms with E-state index in [2.05, 4.69) is 20.2 Å². The Labute approximate surface area is 208 Å². The number of anilines is 2. The number of aromatic amines is 1. The van der Waals surface area contributed by atoms with Gasteiger partial charge in [0.05, 0.1) is 10.5 Å². The summed E-state index contributed by atoms with van der Waals surface area (Å²) < 4.78 is 43.0. The third kappa shape index (κ3) is 4.63. The van der Waals surface area contributed by atoms with Gasteiger partial charge in [0.2, 0.25) is 0 Å². The molecule has 2 aromatic heterocycles. The molecule has 7 nitrogen and oxygen atoms in total. The second kappa shape index (κ2) is 9.14. The monoisotopic (exact) mass is 526 g/mol. The fourth-order valence-corrected chi connectivity index (χ4v) is 5.51. The summed E-state index contributed by atoms with van der Waals surface area (Å²) in [6.45, 7) is 0. The zero-order valence-corrected chi connectivity index (χ0v) is 20.1. The van der Waals surface area contributed by atoms with Crippen LogP contribution >= 0.6 is 22.9 Å². The van der Waals surface area contributed by atoms with E-state index < -0.39 is 15.8 Å². The van der Waals surface area contributed by atoms with Crippen molar-refractivity contribution in [2.24, 2.45) is 0 Å². The van der Waals surface area contributed by atoms with Gasteiger partial charge < -0.3 is 5.32 Å². The fourth-order valence-electron chi connectivity index (χ4n) is 3.51. The largest absolute Gasteiger partial charge is 0.305 e. The van der Waals surface area contributed by atoms with Crippen molar-refractivity contribution in [1.29, 1.82) is 0 Å². The van der Waals surface area contributed by atoms with Crippen LogP contribution in [0.4, 0.5) is 15.9 Å². The van der Waals surface area contributed by atoms with Crippen LogP contribution in [0.2, 0.25) is 5.02 Å². The molecule has 0 radical (unpaired) electrons. The van der Waals surface area contributed by atoms with Crippen molar-refractivity contribution in [1.82, 2.24) is 10.2 Å². The SMILES string of the molecule is O=C(Nc1n[nH]c2c(F)c(-c3ccc(NS(=O)(=O)c4cccc(Cl)c4)cc3)ccc12)c1ccsc1. The van der Waals surface area contributed by atoms with Gasteiger partial charge in [-0.05, 0) is 53.4 Å². The number of nitrogens with one attached hydrogen (secondary N) is 3. The van der Waals surface area contributed by atoms with Crippen LogP contribution in [0, 0.1) is 5.82 Å². The molecule has 3 N–H and O–H groups in total. The van der Waals surface area contributed by atoms with Crippen LogP contribution in [-0.2, 0) is 10.0 Å². The first-order valence-electron chi connectivity index (χ1n) is 10.2. The Balaban J connectivity index is 1.39. The summed E-state index contributed by atoms with van der Waals surface area (Å²) >= 11 is 7.29. The highest BCUT2D eigenvalue weighted by molar-refractivity contribution is 7.92. The number of rotatable bonds is 6. The number of amides is 1. The standard InChI is InChI=1S/C24H16ClFN4O3S2/c25-16-2-1-3-18(12-16)35(32,33)30-17-6-4-14(5-7-17)19-8-9-20-22(21(19)26)28-29-23(20)27-24(31)15-10-11-34-13-15/h1-13,30H,(H2,27,28,29,31). The molecule has 0 saturated heterocycles. The maximum atomic E-state index is 15.3. The first-order valence-corrected chi connectivity index (χ1v) is 13.0. The number of halogens is 2. The molecule has 0 aliphatic carbocycles. The fraction of sp³-hybridized carbons (Fsp3) is 0. The van der Waals surface area contributed by atoms with E-state index in [4.69, 9.17) is 11.6 Å². The number of sulfonamides is 1. The number of benzene rings is 3. The lowest BCUT2D eigenvalue weighted by Crippen LogP contribution is -2.12. The number of carbonyl (C=O) groups is 1. The van der Waals surface area contributed by atoms with E-state index in [-0.39, 0.29) is 22.1 Å². The van der Waals surface area contributed by atoms with Gasteiger partial charge in [-0.3, -0.25) is 14.6 Å². The molecule has 0 spiro atoms. The molecule has 11 heteroatoms. The number of nitrogens with zero attached hydrogens (tertiary/aromatic N) is 1. The zero-order chi connectivity index (χ0) is 24.6. The third-order valence-corrected chi connectivity index (χ3v) is 7.54. The number of aromatic nitrogens is 2. The molecule has 0 bridgehead atoms. The molecule has 0 atom stereocenters. The van der Waals surface area contributed by atoms with Crippen LogP contribution in [0.25, 0.3) is 22.0 Å². The molecule has 3 aromatic carbocycles. The molecule has 2 heterocycles. The average Bonchev–Trinajstić information content (AvgIpc) is 3.51. The smallest absolute Gasteiger partial charge is 0.261 e. The lowest BCUT2D eigenvalue weighted by atomic mass is 10.0. The summed E-state index contributed by atoms with van der Waals surface area (Å²) in [6, 6.07) is 17.2. The van der Waals surface area contributed by atoms with Crippen molar-refractivity contribution in [3.05, 3.63) is 93.9 Å². The Hall–Kier alpha value is -3.73. The molecular weight excluding hydrogens is 511 g/mol. The number of hydrogen-bond donors (Lipinski definition) is 3. The van der Waals surface area contributed by atoms with E-state index in [9.17, 15) is 13.2 Å². The molecule has 0 aliphatic rings. The van der Waals surface area contributed by atoms with Gasteiger partial charge in [0.15, 0.2) is 11.6 Å². The van der Waals surface area contributed by atoms with E-state index in [0.29, 0.717) is 32.8 Å². The van der Waals surface area contributed by atoms with E-state index in [0.717, 1.165) is 0 Å². The molecule has 5 rings (SSSR count). The molecular formula is C24H16ClFN4O3S2. The van der Waals surface area contributed by atoms with Crippen molar-refractivity contribution in [3.8, 4) is 11.1 Å². The van der Waals surface area contributed by atoms with Crippen molar-refractivity contribution in [3.63, 3.8) is 0 Å². The molecule has 0 unspecified atom stereocenters. The van der Waals surface area contributed by atoms with E-state index in [1.165, 1.54) is 23.5 Å². The lowest BCUT2D eigenvalue weighted by Gasteiger charge is -2.10. The van der Waals surface area contributed by atoms with Gasteiger partial charge in [-0.15, -0.1) is 0 Å². The van der Waals surface area contributed by atoms with Crippen LogP contribution < -0.4 is 10.0 Å². The highest BCUT2D eigenvalue weighted by Crippen LogP contribution is 2.32. The Morgan fingerprint density at radius 3 is 2.57 bits per heavy atom. The minimum atomic E-state index is -3.83. The Kier molecular flexibility index (Phi) is 6.01. The summed E-state index contributed by atoms with van der Waals surface area (Å²) in [6.07, 6.45) is 0. The molecule has 0 aliphatic heterocycles. The van der Waals surface area contributed by atoms with Crippen LogP contribution in [-0.4, -0.2) is 24.5 Å². The molecule has 1 amide bonds. The number of thiophene rings is 1. The maximum Gasteiger partial charge on any atom is 0.261 e.